The summed E-state index contributed by atoms with van der Waals surface area (Å²) in [7, 11) is 0. The van der Waals surface area contributed by atoms with Gasteiger partial charge in [0.15, 0.2) is 0 Å². The summed E-state index contributed by atoms with van der Waals surface area (Å²) in [6.45, 7) is 4.11. The third-order valence-corrected chi connectivity index (χ3v) is 2.38. The Morgan fingerprint density at radius 1 is 1.42 bits per heavy atom. The van der Waals surface area contributed by atoms with Crippen LogP contribution in [0, 0.1) is 13.8 Å². The highest BCUT2D eigenvalue weighted by atomic mass is 79.9. The molecule has 12 heavy (non-hydrogen) atoms. The van der Waals surface area contributed by atoms with Crippen LogP contribution >= 0.6 is 15.9 Å². The van der Waals surface area contributed by atoms with E-state index in [0.29, 0.717) is 0 Å². The van der Waals surface area contributed by atoms with Gasteiger partial charge in [0.05, 0.1) is 0 Å². The van der Waals surface area contributed by atoms with Crippen molar-refractivity contribution in [3.63, 3.8) is 0 Å². The van der Waals surface area contributed by atoms with Gasteiger partial charge in [0.1, 0.15) is 5.65 Å². The first kappa shape index (κ1) is 7.80. The van der Waals surface area contributed by atoms with E-state index in [1.54, 1.807) is 0 Å². The van der Waals surface area contributed by atoms with Crippen molar-refractivity contribution in [3.05, 3.63) is 34.2 Å². The number of hydrogen-bond acceptors (Lipinski definition) is 1. The van der Waals surface area contributed by atoms with Gasteiger partial charge in [-0.2, -0.15) is 0 Å². The van der Waals surface area contributed by atoms with Gasteiger partial charge < -0.3 is 4.40 Å². The molecule has 0 N–H and O–H groups in total. The summed E-state index contributed by atoms with van der Waals surface area (Å²) in [5, 5.41) is 0. The van der Waals surface area contributed by atoms with Gasteiger partial charge in [-0.25, -0.2) is 4.98 Å². The zero-order chi connectivity index (χ0) is 8.72. The van der Waals surface area contributed by atoms with Crippen molar-refractivity contribution in [2.24, 2.45) is 0 Å². The fourth-order valence-corrected chi connectivity index (χ4v) is 1.88. The van der Waals surface area contributed by atoms with Crippen LogP contribution in [0.4, 0.5) is 0 Å². The number of pyridine rings is 1. The van der Waals surface area contributed by atoms with Crippen molar-refractivity contribution in [2.45, 2.75) is 13.8 Å². The molecular formula is C9H9BrN2. The lowest BCUT2D eigenvalue weighted by Gasteiger charge is -2.00. The smallest absolute Gasteiger partial charge is 0.139 e. The van der Waals surface area contributed by atoms with Crippen LogP contribution in [0.5, 0.6) is 0 Å². The summed E-state index contributed by atoms with van der Waals surface area (Å²) in [6, 6.07) is 2.07. The maximum atomic E-state index is 4.30. The Hall–Kier alpha value is -0.830. The second kappa shape index (κ2) is 2.59. The fraction of sp³-hybridized carbons (Fsp3) is 0.222. The first-order chi connectivity index (χ1) is 5.68. The molecule has 0 radical (unpaired) electrons. The van der Waals surface area contributed by atoms with Crippen LogP contribution in [0.15, 0.2) is 22.9 Å². The van der Waals surface area contributed by atoms with Gasteiger partial charge in [-0.15, -0.1) is 0 Å². The number of aryl methyl sites for hydroxylation is 2. The summed E-state index contributed by atoms with van der Waals surface area (Å²) in [4.78, 5) is 4.30. The standard InChI is InChI=1S/C9H9BrN2/c1-6-3-8(10)5-12-7(2)4-11-9(6)12/h3-5H,1-2H3. The Bertz CT molecular complexity index is 431. The molecule has 0 aromatic carbocycles. The summed E-state index contributed by atoms with van der Waals surface area (Å²) in [6.07, 6.45) is 3.92. The highest BCUT2D eigenvalue weighted by Gasteiger charge is 2.02. The van der Waals surface area contributed by atoms with Crippen LogP contribution in [0.25, 0.3) is 5.65 Å². The van der Waals surface area contributed by atoms with Gasteiger partial charge in [0.2, 0.25) is 0 Å². The van der Waals surface area contributed by atoms with E-state index in [1.165, 1.54) is 5.56 Å². The Morgan fingerprint density at radius 2 is 2.17 bits per heavy atom. The van der Waals surface area contributed by atoms with Gasteiger partial charge in [-0.3, -0.25) is 0 Å². The molecule has 3 heteroatoms. The molecule has 2 aromatic heterocycles. The van der Waals surface area contributed by atoms with Crippen LogP contribution in [0.3, 0.4) is 0 Å². The Kier molecular flexibility index (Phi) is 1.68. The fourth-order valence-electron chi connectivity index (χ4n) is 1.33. The van der Waals surface area contributed by atoms with Crippen molar-refractivity contribution in [1.29, 1.82) is 0 Å². The van der Waals surface area contributed by atoms with Crippen LogP contribution in [-0.2, 0) is 0 Å². The van der Waals surface area contributed by atoms with Gasteiger partial charge in [0, 0.05) is 22.6 Å². The van der Waals surface area contributed by atoms with Crippen LogP contribution in [-0.4, -0.2) is 9.38 Å². The summed E-state index contributed by atoms with van der Waals surface area (Å²) in [5.41, 5.74) is 3.39. The number of rotatable bonds is 0. The molecule has 2 rings (SSSR count). The average Bonchev–Trinajstić information content (AvgIpc) is 2.33. The number of hydrogen-bond donors (Lipinski definition) is 0. The zero-order valence-electron chi connectivity index (χ0n) is 7.00. The molecule has 0 aliphatic carbocycles. The summed E-state index contributed by atoms with van der Waals surface area (Å²) < 4.78 is 3.17. The minimum absolute atomic E-state index is 1.04. The number of nitrogens with zero attached hydrogens (tertiary/aromatic N) is 2. The third-order valence-electron chi connectivity index (χ3n) is 1.94. The van der Waals surface area contributed by atoms with Crippen LogP contribution in [0.2, 0.25) is 0 Å². The molecule has 0 bridgehead atoms. The second-order valence-electron chi connectivity index (χ2n) is 2.93. The van der Waals surface area contributed by atoms with E-state index in [0.717, 1.165) is 15.8 Å². The lowest BCUT2D eigenvalue weighted by atomic mass is 10.3. The number of halogens is 1. The maximum absolute atomic E-state index is 4.30. The van der Waals surface area contributed by atoms with E-state index in [1.807, 2.05) is 19.3 Å². The third kappa shape index (κ3) is 1.05. The van der Waals surface area contributed by atoms with Crippen molar-refractivity contribution in [2.75, 3.05) is 0 Å². The molecule has 0 amide bonds. The molecule has 0 saturated carbocycles. The van der Waals surface area contributed by atoms with Gasteiger partial charge >= 0.3 is 0 Å². The molecule has 0 saturated heterocycles. The van der Waals surface area contributed by atoms with Crippen molar-refractivity contribution < 1.29 is 0 Å². The Labute approximate surface area is 79.4 Å². The van der Waals surface area contributed by atoms with E-state index in [9.17, 15) is 0 Å². The molecule has 2 nitrogen and oxygen atoms in total. The van der Waals surface area contributed by atoms with E-state index < -0.39 is 0 Å². The van der Waals surface area contributed by atoms with Crippen molar-refractivity contribution in [3.8, 4) is 0 Å². The predicted octanol–water partition coefficient (Wildman–Crippen LogP) is 2.71. The van der Waals surface area contributed by atoms with Crippen LogP contribution in [0.1, 0.15) is 11.3 Å². The topological polar surface area (TPSA) is 17.3 Å². The van der Waals surface area contributed by atoms with Crippen molar-refractivity contribution in [1.82, 2.24) is 9.38 Å². The molecule has 0 aliphatic heterocycles. The maximum Gasteiger partial charge on any atom is 0.139 e. The summed E-state index contributed by atoms with van der Waals surface area (Å²) in [5.74, 6) is 0. The SMILES string of the molecule is Cc1cc(Br)cn2c(C)cnc12. The average molecular weight is 225 g/mol. The molecule has 0 fully saturated rings. The monoisotopic (exact) mass is 224 g/mol. The first-order valence-corrected chi connectivity index (χ1v) is 4.57. The predicted molar refractivity (Wildman–Crippen MR) is 52.4 cm³/mol. The highest BCUT2D eigenvalue weighted by Crippen LogP contribution is 2.17. The van der Waals surface area contributed by atoms with Gasteiger partial charge in [0.25, 0.3) is 0 Å². The lowest BCUT2D eigenvalue weighted by Crippen LogP contribution is -1.89. The molecule has 0 aliphatic rings. The van der Waals surface area contributed by atoms with E-state index in [2.05, 4.69) is 38.3 Å². The number of aromatic nitrogens is 2. The van der Waals surface area contributed by atoms with Crippen molar-refractivity contribution >= 4 is 21.6 Å². The van der Waals surface area contributed by atoms with E-state index in [-0.39, 0.29) is 0 Å². The quantitative estimate of drug-likeness (QED) is 0.673. The number of imidazole rings is 1. The highest BCUT2D eigenvalue weighted by molar-refractivity contribution is 9.10. The lowest BCUT2D eigenvalue weighted by molar-refractivity contribution is 1.09. The van der Waals surface area contributed by atoms with E-state index in [4.69, 9.17) is 0 Å². The largest absolute Gasteiger partial charge is 0.303 e. The molecular weight excluding hydrogens is 216 g/mol. The molecule has 2 aromatic rings. The minimum atomic E-state index is 1.04. The second-order valence-corrected chi connectivity index (χ2v) is 3.85. The number of fused-ring (bicyclic) bond motifs is 1. The molecule has 2 heterocycles. The molecule has 0 spiro atoms. The van der Waals surface area contributed by atoms with Gasteiger partial charge in [-0.05, 0) is 41.4 Å². The zero-order valence-corrected chi connectivity index (χ0v) is 8.59. The molecule has 0 atom stereocenters. The summed E-state index contributed by atoms with van der Waals surface area (Å²) >= 11 is 3.45. The van der Waals surface area contributed by atoms with Crippen LogP contribution < -0.4 is 0 Å². The first-order valence-electron chi connectivity index (χ1n) is 3.78. The Balaban J connectivity index is 2.92. The minimum Gasteiger partial charge on any atom is -0.303 e. The Morgan fingerprint density at radius 3 is 2.92 bits per heavy atom. The van der Waals surface area contributed by atoms with E-state index >= 15 is 0 Å². The normalized spacial score (nSPS) is 10.9. The molecule has 62 valence electrons. The molecule has 0 unspecified atom stereocenters. The van der Waals surface area contributed by atoms with Gasteiger partial charge in [-0.1, -0.05) is 0 Å².